The third-order valence-corrected chi connectivity index (χ3v) is 6.61. The largest absolute Gasteiger partial charge is 0.481 e. The number of carbonyl (C=O) groups is 1. The van der Waals surface area contributed by atoms with Crippen molar-refractivity contribution in [1.29, 1.82) is 0 Å². The normalized spacial score (nSPS) is 74.4. The first-order valence-corrected chi connectivity index (χ1v) is 6.02. The van der Waals surface area contributed by atoms with Gasteiger partial charge < -0.3 is 5.11 Å². The second-order valence-electron chi connectivity index (χ2n) is 6.30. The number of rotatable bonds is 1. The number of hydrogen-bond donors (Lipinski definition) is 1. The van der Waals surface area contributed by atoms with Gasteiger partial charge in [-0.25, -0.2) is 0 Å². The van der Waals surface area contributed by atoms with Crippen LogP contribution in [0.4, 0.5) is 0 Å². The minimum Gasteiger partial charge on any atom is -0.481 e. The van der Waals surface area contributed by atoms with E-state index in [9.17, 15) is 9.90 Å². The van der Waals surface area contributed by atoms with E-state index >= 15 is 0 Å². The summed E-state index contributed by atoms with van der Waals surface area (Å²) < 4.78 is 0. The van der Waals surface area contributed by atoms with Crippen LogP contribution in [0.1, 0.15) is 12.8 Å². The lowest BCUT2D eigenvalue weighted by molar-refractivity contribution is -0.150. The topological polar surface area (TPSA) is 37.3 Å². The summed E-state index contributed by atoms with van der Waals surface area (Å²) in [6.45, 7) is 0. The zero-order valence-electron chi connectivity index (χ0n) is 7.97. The highest BCUT2D eigenvalue weighted by Crippen LogP contribution is 2.84. The molecule has 5 fully saturated rings. The third kappa shape index (κ3) is 0.409. The van der Waals surface area contributed by atoms with Crippen LogP contribution in [0.25, 0.3) is 0 Å². The maximum atomic E-state index is 11.3. The predicted octanol–water partition coefficient (Wildman–Crippen LogP) is 1.47. The summed E-state index contributed by atoms with van der Waals surface area (Å²) in [6, 6.07) is 0. The van der Waals surface area contributed by atoms with Crippen molar-refractivity contribution in [2.75, 3.05) is 0 Å². The van der Waals surface area contributed by atoms with Gasteiger partial charge in [-0.2, -0.15) is 0 Å². The SMILES string of the molecule is O=C(O)[C@@H]1[C@@H]2[C@@H]3C[C@@H]4[C@@H]5[C@H]3C[C@H]2[C@H]5[C@H]41. The Balaban J connectivity index is 1.75. The van der Waals surface area contributed by atoms with Crippen LogP contribution in [0.5, 0.6) is 0 Å². The zero-order chi connectivity index (χ0) is 9.19. The van der Waals surface area contributed by atoms with Crippen molar-refractivity contribution in [1.82, 2.24) is 0 Å². The van der Waals surface area contributed by atoms with Crippen molar-refractivity contribution in [2.45, 2.75) is 12.8 Å². The summed E-state index contributed by atoms with van der Waals surface area (Å²) in [7, 11) is 0. The van der Waals surface area contributed by atoms with E-state index in [1.807, 2.05) is 0 Å². The van der Waals surface area contributed by atoms with Crippen LogP contribution in [-0.2, 0) is 4.79 Å². The van der Waals surface area contributed by atoms with E-state index in [4.69, 9.17) is 0 Å². The van der Waals surface area contributed by atoms with Crippen LogP contribution >= 0.6 is 0 Å². The van der Waals surface area contributed by atoms with Gasteiger partial charge in [0, 0.05) is 0 Å². The Kier molecular flexibility index (Phi) is 0.812. The molecule has 0 spiro atoms. The molecule has 5 aliphatic carbocycles. The minimum atomic E-state index is -0.469. The molecule has 2 bridgehead atoms. The fourth-order valence-electron chi connectivity index (χ4n) is 6.80. The molecule has 0 aromatic carbocycles. The van der Waals surface area contributed by atoms with E-state index in [-0.39, 0.29) is 5.92 Å². The van der Waals surface area contributed by atoms with Gasteiger partial charge in [0.1, 0.15) is 0 Å². The molecular weight excluding hydrogens is 176 g/mol. The van der Waals surface area contributed by atoms with Gasteiger partial charge in [-0.15, -0.1) is 0 Å². The quantitative estimate of drug-likeness (QED) is 0.679. The summed E-state index contributed by atoms with van der Waals surface area (Å²) in [6.07, 6.45) is 2.81. The molecule has 0 aromatic rings. The van der Waals surface area contributed by atoms with E-state index < -0.39 is 5.97 Å². The highest BCUT2D eigenvalue weighted by molar-refractivity contribution is 5.73. The number of fused-ring (bicyclic) bond motifs is 2. The van der Waals surface area contributed by atoms with Gasteiger partial charge in [0.25, 0.3) is 0 Å². The molecular formula is C12H14O2. The van der Waals surface area contributed by atoms with Crippen LogP contribution in [0.3, 0.4) is 0 Å². The first kappa shape index (κ1) is 6.86. The molecule has 0 radical (unpaired) electrons. The van der Waals surface area contributed by atoms with Gasteiger partial charge in [0.2, 0.25) is 0 Å². The van der Waals surface area contributed by atoms with Crippen molar-refractivity contribution in [3.63, 3.8) is 0 Å². The maximum Gasteiger partial charge on any atom is 0.307 e. The molecule has 14 heavy (non-hydrogen) atoms. The number of aliphatic carboxylic acids is 1. The average molecular weight is 190 g/mol. The van der Waals surface area contributed by atoms with Crippen LogP contribution in [0, 0.1) is 53.3 Å². The number of hydrogen-bond acceptors (Lipinski definition) is 1. The molecule has 0 unspecified atom stereocenters. The summed E-state index contributed by atoms with van der Waals surface area (Å²) in [4.78, 5) is 11.3. The van der Waals surface area contributed by atoms with Crippen molar-refractivity contribution in [3.8, 4) is 0 Å². The smallest absolute Gasteiger partial charge is 0.307 e. The number of carboxylic acid groups (broad SMARTS) is 1. The molecule has 0 saturated heterocycles. The van der Waals surface area contributed by atoms with Crippen molar-refractivity contribution >= 4 is 5.97 Å². The van der Waals surface area contributed by atoms with E-state index in [0.29, 0.717) is 11.8 Å². The molecule has 9 atom stereocenters. The molecule has 2 nitrogen and oxygen atoms in total. The molecule has 74 valence electrons. The van der Waals surface area contributed by atoms with E-state index in [0.717, 1.165) is 35.5 Å². The molecule has 2 heteroatoms. The van der Waals surface area contributed by atoms with Crippen LogP contribution < -0.4 is 0 Å². The summed E-state index contributed by atoms with van der Waals surface area (Å²) in [5.41, 5.74) is 0. The summed E-state index contributed by atoms with van der Waals surface area (Å²) in [5, 5.41) is 9.33. The Hall–Kier alpha value is -0.530. The minimum absolute atomic E-state index is 0.0810. The Bertz CT molecular complexity index is 357. The Morgan fingerprint density at radius 2 is 1.50 bits per heavy atom. The summed E-state index contributed by atoms with van der Waals surface area (Å²) in [5.74, 6) is 6.22. The number of carboxylic acids is 1. The summed E-state index contributed by atoms with van der Waals surface area (Å²) >= 11 is 0. The Morgan fingerprint density at radius 3 is 2.21 bits per heavy atom. The van der Waals surface area contributed by atoms with Gasteiger partial charge in [0.05, 0.1) is 5.92 Å². The lowest BCUT2D eigenvalue weighted by Gasteiger charge is -2.46. The van der Waals surface area contributed by atoms with Crippen LogP contribution in [0.2, 0.25) is 0 Å². The molecule has 1 N–H and O–H groups in total. The fraction of sp³-hybridized carbons (Fsp3) is 0.917. The average Bonchev–Trinajstić information content (AvgIpc) is 2.60. The highest BCUT2D eigenvalue weighted by atomic mass is 16.4. The molecule has 0 aliphatic heterocycles. The van der Waals surface area contributed by atoms with E-state index in [2.05, 4.69) is 0 Å². The molecule has 5 saturated carbocycles. The van der Waals surface area contributed by atoms with Gasteiger partial charge in [-0.3, -0.25) is 4.79 Å². The lowest BCUT2D eigenvalue weighted by atomic mass is 9.57. The molecule has 0 heterocycles. The predicted molar refractivity (Wildman–Crippen MR) is 48.3 cm³/mol. The van der Waals surface area contributed by atoms with Crippen molar-refractivity contribution in [3.05, 3.63) is 0 Å². The second-order valence-corrected chi connectivity index (χ2v) is 6.30. The van der Waals surface area contributed by atoms with Crippen LogP contribution in [-0.4, -0.2) is 11.1 Å². The first-order chi connectivity index (χ1) is 6.79. The van der Waals surface area contributed by atoms with E-state index in [1.165, 1.54) is 12.8 Å². The van der Waals surface area contributed by atoms with Gasteiger partial charge >= 0.3 is 5.97 Å². The highest BCUT2D eigenvalue weighted by Gasteiger charge is 2.81. The van der Waals surface area contributed by atoms with Crippen molar-refractivity contribution < 1.29 is 9.90 Å². The fourth-order valence-corrected chi connectivity index (χ4v) is 6.80. The second kappa shape index (κ2) is 1.66. The Morgan fingerprint density at radius 1 is 0.857 bits per heavy atom. The maximum absolute atomic E-state index is 11.3. The third-order valence-electron chi connectivity index (χ3n) is 6.61. The van der Waals surface area contributed by atoms with Gasteiger partial charge in [-0.1, -0.05) is 0 Å². The zero-order valence-corrected chi connectivity index (χ0v) is 7.97. The van der Waals surface area contributed by atoms with Crippen LogP contribution in [0.15, 0.2) is 0 Å². The molecule has 0 amide bonds. The standard InChI is InChI=1S/C12H14O2/c13-12(14)11-8-4-2-5-7-3(4)1-6(8)9(7)10(5)11/h3-11H,1-2H2,(H,13,14)/t3-,4+,5+,6+,7-,8+,9+,10-,11+/m0/s1. The van der Waals surface area contributed by atoms with Gasteiger partial charge in [-0.05, 0) is 60.2 Å². The monoisotopic (exact) mass is 190 g/mol. The first-order valence-electron chi connectivity index (χ1n) is 6.02. The molecule has 5 rings (SSSR count). The molecule has 0 aromatic heterocycles. The van der Waals surface area contributed by atoms with Gasteiger partial charge in [0.15, 0.2) is 0 Å². The van der Waals surface area contributed by atoms with E-state index in [1.54, 1.807) is 0 Å². The lowest BCUT2D eigenvalue weighted by Crippen LogP contribution is -2.45. The van der Waals surface area contributed by atoms with Crippen molar-refractivity contribution in [2.24, 2.45) is 53.3 Å². The Labute approximate surface area is 82.7 Å². The molecule has 5 aliphatic rings.